The van der Waals surface area contributed by atoms with Gasteiger partial charge in [-0.3, -0.25) is 9.69 Å². The molecule has 2 rings (SSSR count). The van der Waals surface area contributed by atoms with Gasteiger partial charge in [0, 0.05) is 29.0 Å². The number of phenols is 1. The lowest BCUT2D eigenvalue weighted by molar-refractivity contribution is -0.138. The Hall–Kier alpha value is -1.07. The number of hydrogen-bond acceptors (Lipinski definition) is 3. The van der Waals surface area contributed by atoms with Crippen molar-refractivity contribution in [3.8, 4) is 5.75 Å². The molecule has 1 fully saturated rings. The van der Waals surface area contributed by atoms with Crippen LogP contribution in [0.3, 0.4) is 0 Å². The van der Waals surface area contributed by atoms with E-state index < -0.39 is 5.97 Å². The third-order valence-corrected chi connectivity index (χ3v) is 4.68. The van der Waals surface area contributed by atoms with Crippen LogP contribution in [0.2, 0.25) is 0 Å². The van der Waals surface area contributed by atoms with Crippen molar-refractivity contribution in [2.24, 2.45) is 5.92 Å². The molecule has 2 unspecified atom stereocenters. The van der Waals surface area contributed by atoms with E-state index in [1.165, 1.54) is 0 Å². The molecule has 21 heavy (non-hydrogen) atoms. The number of carboxylic acids is 1. The Labute approximate surface area is 133 Å². The summed E-state index contributed by atoms with van der Waals surface area (Å²) in [6.07, 6.45) is 3.12. The smallest absolute Gasteiger partial charge is 0.303 e. The first-order valence-corrected chi connectivity index (χ1v) is 8.24. The normalized spacial score (nSPS) is 21.1. The molecule has 2 atom stereocenters. The minimum absolute atomic E-state index is 0.138. The lowest BCUT2D eigenvalue weighted by Crippen LogP contribution is -2.38. The van der Waals surface area contributed by atoms with Gasteiger partial charge < -0.3 is 10.2 Å². The van der Waals surface area contributed by atoms with E-state index in [0.717, 1.165) is 42.4 Å². The van der Waals surface area contributed by atoms with Gasteiger partial charge in [0.25, 0.3) is 0 Å². The summed E-state index contributed by atoms with van der Waals surface area (Å²) in [5.41, 5.74) is 0.919. The molecule has 1 aliphatic rings. The van der Waals surface area contributed by atoms with Gasteiger partial charge in [-0.15, -0.1) is 0 Å². The van der Waals surface area contributed by atoms with E-state index in [2.05, 4.69) is 27.8 Å². The Morgan fingerprint density at radius 1 is 1.52 bits per heavy atom. The van der Waals surface area contributed by atoms with Crippen LogP contribution in [0.15, 0.2) is 22.7 Å². The molecule has 1 heterocycles. The number of likely N-dealkylation sites (tertiary alicyclic amines) is 1. The first-order valence-electron chi connectivity index (χ1n) is 7.45. The SMILES string of the molecule is CCC(c1cc(Br)ccc1O)N1CCCC(CC(=O)O)C1. The van der Waals surface area contributed by atoms with E-state index in [-0.39, 0.29) is 18.4 Å². The third-order valence-electron chi connectivity index (χ3n) is 4.19. The zero-order valence-electron chi connectivity index (χ0n) is 12.3. The van der Waals surface area contributed by atoms with Gasteiger partial charge in [0.2, 0.25) is 0 Å². The quantitative estimate of drug-likeness (QED) is 0.843. The molecule has 0 aromatic heterocycles. The third kappa shape index (κ3) is 4.20. The minimum atomic E-state index is -0.722. The van der Waals surface area contributed by atoms with Crippen molar-refractivity contribution < 1.29 is 15.0 Å². The molecule has 116 valence electrons. The maximum absolute atomic E-state index is 10.9. The van der Waals surface area contributed by atoms with Gasteiger partial charge in [-0.05, 0) is 49.9 Å². The highest BCUT2D eigenvalue weighted by Gasteiger charge is 2.28. The summed E-state index contributed by atoms with van der Waals surface area (Å²) in [5.74, 6) is -0.204. The largest absolute Gasteiger partial charge is 0.508 e. The zero-order chi connectivity index (χ0) is 15.4. The monoisotopic (exact) mass is 355 g/mol. The first kappa shape index (κ1) is 16.3. The zero-order valence-corrected chi connectivity index (χ0v) is 13.8. The van der Waals surface area contributed by atoms with Crippen molar-refractivity contribution >= 4 is 21.9 Å². The average Bonchev–Trinajstić information content (AvgIpc) is 2.43. The van der Waals surface area contributed by atoms with Crippen molar-refractivity contribution in [2.75, 3.05) is 13.1 Å². The molecule has 0 bridgehead atoms. The van der Waals surface area contributed by atoms with Crippen molar-refractivity contribution in [3.63, 3.8) is 0 Å². The summed E-state index contributed by atoms with van der Waals surface area (Å²) < 4.78 is 0.952. The van der Waals surface area contributed by atoms with Crippen LogP contribution < -0.4 is 0 Å². The number of rotatable bonds is 5. The van der Waals surface area contributed by atoms with Gasteiger partial charge >= 0.3 is 5.97 Å². The molecule has 1 saturated heterocycles. The van der Waals surface area contributed by atoms with E-state index >= 15 is 0 Å². The molecule has 2 N–H and O–H groups in total. The number of aliphatic carboxylic acids is 1. The minimum Gasteiger partial charge on any atom is -0.508 e. The summed E-state index contributed by atoms with van der Waals surface area (Å²) in [7, 11) is 0. The summed E-state index contributed by atoms with van der Waals surface area (Å²) in [6, 6.07) is 5.64. The summed E-state index contributed by atoms with van der Waals surface area (Å²) >= 11 is 3.46. The van der Waals surface area contributed by atoms with Crippen LogP contribution in [0.25, 0.3) is 0 Å². The number of aromatic hydroxyl groups is 1. The Balaban J connectivity index is 2.16. The second kappa shape index (κ2) is 7.27. The summed E-state index contributed by atoms with van der Waals surface area (Å²) in [4.78, 5) is 13.2. The van der Waals surface area contributed by atoms with Crippen LogP contribution in [-0.2, 0) is 4.79 Å². The molecular formula is C16H22BrNO3. The summed E-state index contributed by atoms with van der Waals surface area (Å²) in [6.45, 7) is 3.85. The highest BCUT2D eigenvalue weighted by Crippen LogP contribution is 2.36. The standard InChI is InChI=1S/C16H22BrNO3/c1-2-14(13-9-12(17)5-6-15(13)19)18-7-3-4-11(10-18)8-16(20)21/h5-6,9,11,14,19H,2-4,7-8,10H2,1H3,(H,20,21). The number of carbonyl (C=O) groups is 1. The number of phenolic OH excluding ortho intramolecular Hbond substituents is 1. The first-order chi connectivity index (χ1) is 10.0. The molecule has 5 heteroatoms. The predicted octanol–water partition coefficient (Wildman–Crippen LogP) is 3.79. The topological polar surface area (TPSA) is 60.8 Å². The van der Waals surface area contributed by atoms with Gasteiger partial charge in [-0.2, -0.15) is 0 Å². The predicted molar refractivity (Wildman–Crippen MR) is 85.4 cm³/mol. The summed E-state index contributed by atoms with van der Waals surface area (Å²) in [5, 5.41) is 19.1. The average molecular weight is 356 g/mol. The number of benzene rings is 1. The van der Waals surface area contributed by atoms with Crippen LogP contribution in [0.4, 0.5) is 0 Å². The second-order valence-corrected chi connectivity index (χ2v) is 6.64. The van der Waals surface area contributed by atoms with Crippen molar-refractivity contribution in [2.45, 2.75) is 38.6 Å². The number of halogens is 1. The molecule has 1 aromatic carbocycles. The van der Waals surface area contributed by atoms with E-state index in [9.17, 15) is 9.90 Å². The van der Waals surface area contributed by atoms with Crippen molar-refractivity contribution in [1.82, 2.24) is 4.90 Å². The van der Waals surface area contributed by atoms with E-state index in [1.807, 2.05) is 12.1 Å². The highest BCUT2D eigenvalue weighted by molar-refractivity contribution is 9.10. The lowest BCUT2D eigenvalue weighted by Gasteiger charge is -2.38. The molecule has 1 aliphatic heterocycles. The lowest BCUT2D eigenvalue weighted by atomic mass is 9.91. The van der Waals surface area contributed by atoms with Gasteiger partial charge in [0.15, 0.2) is 0 Å². The number of piperidine rings is 1. The fourth-order valence-electron chi connectivity index (χ4n) is 3.26. The molecule has 0 saturated carbocycles. The number of nitrogens with zero attached hydrogens (tertiary/aromatic N) is 1. The molecular weight excluding hydrogens is 334 g/mol. The number of carboxylic acid groups (broad SMARTS) is 1. The maximum atomic E-state index is 10.9. The highest BCUT2D eigenvalue weighted by atomic mass is 79.9. The molecule has 1 aromatic rings. The van der Waals surface area contributed by atoms with E-state index in [1.54, 1.807) is 6.07 Å². The number of hydrogen-bond donors (Lipinski definition) is 2. The Morgan fingerprint density at radius 2 is 2.29 bits per heavy atom. The second-order valence-electron chi connectivity index (χ2n) is 5.73. The van der Waals surface area contributed by atoms with Crippen LogP contribution >= 0.6 is 15.9 Å². The Morgan fingerprint density at radius 3 is 2.95 bits per heavy atom. The fraction of sp³-hybridized carbons (Fsp3) is 0.562. The van der Waals surface area contributed by atoms with Gasteiger partial charge in [0.05, 0.1) is 0 Å². The Kier molecular flexibility index (Phi) is 5.65. The van der Waals surface area contributed by atoms with Crippen LogP contribution in [-0.4, -0.2) is 34.2 Å². The van der Waals surface area contributed by atoms with Gasteiger partial charge in [-0.25, -0.2) is 0 Å². The molecule has 4 nitrogen and oxygen atoms in total. The van der Waals surface area contributed by atoms with Crippen LogP contribution in [0, 0.1) is 5.92 Å². The van der Waals surface area contributed by atoms with Crippen molar-refractivity contribution in [1.29, 1.82) is 0 Å². The van der Waals surface area contributed by atoms with Crippen molar-refractivity contribution in [3.05, 3.63) is 28.2 Å². The fourth-order valence-corrected chi connectivity index (χ4v) is 3.64. The molecule has 0 aliphatic carbocycles. The maximum Gasteiger partial charge on any atom is 0.303 e. The molecule has 0 amide bonds. The van der Waals surface area contributed by atoms with E-state index in [0.29, 0.717) is 5.75 Å². The van der Waals surface area contributed by atoms with E-state index in [4.69, 9.17) is 5.11 Å². The van der Waals surface area contributed by atoms with Crippen LogP contribution in [0.1, 0.15) is 44.2 Å². The Bertz CT molecular complexity index is 506. The van der Waals surface area contributed by atoms with Gasteiger partial charge in [-0.1, -0.05) is 22.9 Å². The van der Waals surface area contributed by atoms with Crippen LogP contribution in [0.5, 0.6) is 5.75 Å². The van der Waals surface area contributed by atoms with Gasteiger partial charge in [0.1, 0.15) is 5.75 Å². The molecule has 0 spiro atoms. The molecule has 0 radical (unpaired) electrons.